The lowest BCUT2D eigenvalue weighted by Gasteiger charge is -2.21. The molecule has 1 aromatic carbocycles. The Hall–Kier alpha value is -1.35. The highest BCUT2D eigenvalue weighted by atomic mass is 16.5. The first kappa shape index (κ1) is 14.7. The number of hydrogen-bond acceptors (Lipinski definition) is 2. The van der Waals surface area contributed by atoms with Gasteiger partial charge in [-0.25, -0.2) is 4.79 Å². The van der Waals surface area contributed by atoms with Crippen LogP contribution in [-0.2, 0) is 9.53 Å². The maximum Gasteiger partial charge on any atom is 0.329 e. The van der Waals surface area contributed by atoms with Gasteiger partial charge in [0.15, 0.2) is 0 Å². The summed E-state index contributed by atoms with van der Waals surface area (Å²) in [5.41, 5.74) is 1.55. The average Bonchev–Trinajstić information content (AvgIpc) is 2.41. The normalized spacial score (nSPS) is 15.6. The molecule has 0 amide bonds. The van der Waals surface area contributed by atoms with E-state index in [-0.39, 0.29) is 6.61 Å². The maximum atomic E-state index is 9.47. The highest BCUT2D eigenvalue weighted by molar-refractivity contribution is 5.67. The third-order valence-electron chi connectivity index (χ3n) is 3.14. The number of ether oxygens (including phenoxy) is 1. The summed E-state index contributed by atoms with van der Waals surface area (Å²) in [5.74, 6) is -0.0718. The monoisotopic (exact) mass is 250 g/mol. The largest absolute Gasteiger partial charge is 0.480 e. The van der Waals surface area contributed by atoms with Gasteiger partial charge in [0.25, 0.3) is 0 Å². The van der Waals surface area contributed by atoms with E-state index < -0.39 is 5.97 Å². The van der Waals surface area contributed by atoms with E-state index in [9.17, 15) is 4.79 Å². The van der Waals surface area contributed by atoms with Crippen molar-refractivity contribution in [3.63, 3.8) is 0 Å². The minimum absolute atomic E-state index is 0.208. The highest BCUT2D eigenvalue weighted by Crippen LogP contribution is 2.31. The van der Waals surface area contributed by atoms with Crippen LogP contribution in [0.4, 0.5) is 0 Å². The second kappa shape index (κ2) is 8.70. The molecule has 0 aromatic heterocycles. The molecule has 0 radical (unpaired) electrons. The van der Waals surface area contributed by atoms with E-state index >= 15 is 0 Å². The van der Waals surface area contributed by atoms with Gasteiger partial charge in [-0.05, 0) is 24.3 Å². The van der Waals surface area contributed by atoms with Gasteiger partial charge in [0, 0.05) is 7.11 Å². The van der Waals surface area contributed by atoms with E-state index in [1.807, 2.05) is 0 Å². The van der Waals surface area contributed by atoms with Crippen molar-refractivity contribution in [2.45, 2.75) is 38.0 Å². The van der Waals surface area contributed by atoms with Crippen LogP contribution in [0.25, 0.3) is 0 Å². The van der Waals surface area contributed by atoms with Crippen molar-refractivity contribution in [1.29, 1.82) is 0 Å². The Balaban J connectivity index is 0.000000232. The zero-order valence-corrected chi connectivity index (χ0v) is 11.0. The Morgan fingerprint density at radius 3 is 2.28 bits per heavy atom. The Morgan fingerprint density at radius 2 is 1.83 bits per heavy atom. The van der Waals surface area contributed by atoms with Gasteiger partial charge in [0.2, 0.25) is 0 Å². The Bertz CT molecular complexity index is 329. The number of benzene rings is 1. The van der Waals surface area contributed by atoms with Crippen LogP contribution in [0.3, 0.4) is 0 Å². The van der Waals surface area contributed by atoms with Crippen molar-refractivity contribution in [1.82, 2.24) is 0 Å². The van der Waals surface area contributed by atoms with Crippen LogP contribution in [0, 0.1) is 0 Å². The molecule has 0 heterocycles. The molecular formula is C15H22O3. The maximum absolute atomic E-state index is 9.47. The molecule has 1 N–H and O–H groups in total. The summed E-state index contributed by atoms with van der Waals surface area (Å²) in [6.07, 6.45) is 7.12. The number of aliphatic carboxylic acids is 1. The van der Waals surface area contributed by atoms with E-state index in [1.54, 1.807) is 5.56 Å². The lowest BCUT2D eigenvalue weighted by atomic mass is 9.84. The molecule has 0 aliphatic heterocycles. The van der Waals surface area contributed by atoms with E-state index in [2.05, 4.69) is 35.1 Å². The fourth-order valence-electron chi connectivity index (χ4n) is 2.28. The number of rotatable bonds is 3. The molecule has 3 heteroatoms. The lowest BCUT2D eigenvalue weighted by Crippen LogP contribution is -2.03. The van der Waals surface area contributed by atoms with Crippen LogP contribution < -0.4 is 0 Å². The van der Waals surface area contributed by atoms with Gasteiger partial charge in [-0.2, -0.15) is 0 Å². The first-order valence-corrected chi connectivity index (χ1v) is 6.49. The molecule has 1 fully saturated rings. The molecule has 0 spiro atoms. The van der Waals surface area contributed by atoms with Crippen molar-refractivity contribution in [3.8, 4) is 0 Å². The zero-order valence-electron chi connectivity index (χ0n) is 11.0. The van der Waals surface area contributed by atoms with Gasteiger partial charge in [-0.15, -0.1) is 0 Å². The zero-order chi connectivity index (χ0) is 13.2. The third-order valence-corrected chi connectivity index (χ3v) is 3.14. The third kappa shape index (κ3) is 5.82. The van der Waals surface area contributed by atoms with Gasteiger partial charge in [0.1, 0.15) is 6.61 Å². The smallest absolute Gasteiger partial charge is 0.329 e. The highest BCUT2D eigenvalue weighted by Gasteiger charge is 2.14. The van der Waals surface area contributed by atoms with E-state index in [0.29, 0.717) is 0 Å². The molecule has 0 unspecified atom stereocenters. The Labute approximate surface area is 109 Å². The second-order valence-electron chi connectivity index (χ2n) is 4.57. The molecule has 3 nitrogen and oxygen atoms in total. The quantitative estimate of drug-likeness (QED) is 0.893. The van der Waals surface area contributed by atoms with Gasteiger partial charge in [-0.1, -0.05) is 49.6 Å². The number of carboxylic acid groups (broad SMARTS) is 1. The van der Waals surface area contributed by atoms with Crippen LogP contribution in [0.2, 0.25) is 0 Å². The van der Waals surface area contributed by atoms with Crippen LogP contribution in [0.15, 0.2) is 30.3 Å². The van der Waals surface area contributed by atoms with Crippen molar-refractivity contribution in [2.75, 3.05) is 13.7 Å². The van der Waals surface area contributed by atoms with Crippen molar-refractivity contribution < 1.29 is 14.6 Å². The lowest BCUT2D eigenvalue weighted by molar-refractivity contribution is -0.141. The molecule has 0 bridgehead atoms. The molecule has 1 aliphatic carbocycles. The van der Waals surface area contributed by atoms with Crippen molar-refractivity contribution >= 4 is 5.97 Å². The first-order valence-electron chi connectivity index (χ1n) is 6.49. The number of methoxy groups -OCH3 is 1. The molecular weight excluding hydrogens is 228 g/mol. The summed E-state index contributed by atoms with van der Waals surface area (Å²) in [5, 5.41) is 7.79. The fraction of sp³-hybridized carbons (Fsp3) is 0.533. The Morgan fingerprint density at radius 1 is 1.22 bits per heavy atom. The molecule has 1 aliphatic rings. The van der Waals surface area contributed by atoms with Gasteiger partial charge in [0.05, 0.1) is 0 Å². The summed E-state index contributed by atoms with van der Waals surface area (Å²) >= 11 is 0. The second-order valence-corrected chi connectivity index (χ2v) is 4.57. The SMILES string of the molecule is COCC(=O)O.c1ccc(C2CCCCC2)cc1. The molecule has 2 rings (SSSR count). The molecule has 1 saturated carbocycles. The van der Waals surface area contributed by atoms with Crippen LogP contribution >= 0.6 is 0 Å². The van der Waals surface area contributed by atoms with Crippen LogP contribution in [0.1, 0.15) is 43.6 Å². The minimum Gasteiger partial charge on any atom is -0.480 e. The summed E-state index contributed by atoms with van der Waals surface area (Å²) in [6.45, 7) is -0.208. The summed E-state index contributed by atoms with van der Waals surface area (Å²) in [4.78, 5) is 9.47. The Kier molecular flexibility index (Phi) is 7.11. The summed E-state index contributed by atoms with van der Waals surface area (Å²) in [6, 6.07) is 11.0. The number of carbonyl (C=O) groups is 1. The summed E-state index contributed by atoms with van der Waals surface area (Å²) in [7, 11) is 1.34. The molecule has 1 aromatic rings. The minimum atomic E-state index is -0.933. The standard InChI is InChI=1S/C12H16.C3H6O3/c1-3-7-11(8-4-1)12-9-5-2-6-10-12;1-6-2-3(4)5/h1,3-4,7-8,12H,2,5-6,9-10H2;2H2,1H3,(H,4,5). The predicted octanol–water partition coefficient (Wildman–Crippen LogP) is 3.45. The van der Waals surface area contributed by atoms with Crippen molar-refractivity contribution in [2.24, 2.45) is 0 Å². The van der Waals surface area contributed by atoms with E-state index in [4.69, 9.17) is 5.11 Å². The van der Waals surface area contributed by atoms with Crippen molar-refractivity contribution in [3.05, 3.63) is 35.9 Å². The van der Waals surface area contributed by atoms with Gasteiger partial charge >= 0.3 is 5.97 Å². The van der Waals surface area contributed by atoms with Crippen LogP contribution in [-0.4, -0.2) is 24.8 Å². The molecule has 0 saturated heterocycles. The van der Waals surface area contributed by atoms with Crippen LogP contribution in [0.5, 0.6) is 0 Å². The van der Waals surface area contributed by atoms with E-state index in [0.717, 1.165) is 5.92 Å². The fourth-order valence-corrected chi connectivity index (χ4v) is 2.28. The molecule has 100 valence electrons. The predicted molar refractivity (Wildman–Crippen MR) is 71.8 cm³/mol. The topological polar surface area (TPSA) is 46.5 Å². The van der Waals surface area contributed by atoms with Gasteiger partial charge in [-0.3, -0.25) is 0 Å². The average molecular weight is 250 g/mol. The molecule has 18 heavy (non-hydrogen) atoms. The first-order chi connectivity index (χ1) is 8.74. The number of hydrogen-bond donors (Lipinski definition) is 1. The summed E-state index contributed by atoms with van der Waals surface area (Å²) < 4.78 is 4.20. The number of carboxylic acids is 1. The molecule has 0 atom stereocenters. The van der Waals surface area contributed by atoms with E-state index in [1.165, 1.54) is 39.2 Å². The van der Waals surface area contributed by atoms with Gasteiger partial charge < -0.3 is 9.84 Å².